The molecule has 0 saturated carbocycles. The minimum absolute atomic E-state index is 0.0613. The fourth-order valence-electron chi connectivity index (χ4n) is 2.56. The van der Waals surface area contributed by atoms with Crippen molar-refractivity contribution in [2.45, 2.75) is 33.8 Å². The summed E-state index contributed by atoms with van der Waals surface area (Å²) in [6.45, 7) is 7.61. The van der Waals surface area contributed by atoms with E-state index < -0.39 is 11.5 Å². The van der Waals surface area contributed by atoms with Gasteiger partial charge in [0.15, 0.2) is 11.5 Å². The van der Waals surface area contributed by atoms with E-state index in [0.717, 1.165) is 11.3 Å². The van der Waals surface area contributed by atoms with E-state index in [1.807, 2.05) is 45.9 Å². The first-order chi connectivity index (χ1) is 12.7. The average molecular weight is 368 g/mol. The van der Waals surface area contributed by atoms with Gasteiger partial charge in [0.25, 0.3) is 5.91 Å². The van der Waals surface area contributed by atoms with Crippen molar-refractivity contribution in [3.8, 4) is 11.5 Å². The lowest BCUT2D eigenvalue weighted by Gasteiger charge is -2.25. The number of fused-ring (bicyclic) bond motifs is 1. The maximum absolute atomic E-state index is 12.5. The standard InChI is InChI=1S/C21H24N2O4/c1-13-11-14(9-10-15(13)23-20(25)21(2,3)4)22-19(24)18-12-26-16-7-5-6-8-17(16)27-18/h5-11,18H,12H2,1-4H3,(H,22,24)(H,23,25)/t18-/m1/s1. The normalized spacial score (nSPS) is 15.8. The highest BCUT2D eigenvalue weighted by molar-refractivity contribution is 5.97. The second kappa shape index (κ2) is 7.31. The van der Waals surface area contributed by atoms with Crippen LogP contribution in [-0.4, -0.2) is 24.5 Å². The third-order valence-corrected chi connectivity index (χ3v) is 4.22. The summed E-state index contributed by atoms with van der Waals surface area (Å²) in [5.74, 6) is 0.848. The first-order valence-electron chi connectivity index (χ1n) is 8.85. The van der Waals surface area contributed by atoms with Crippen LogP contribution in [0.15, 0.2) is 42.5 Å². The van der Waals surface area contributed by atoms with Crippen molar-refractivity contribution in [3.05, 3.63) is 48.0 Å². The first kappa shape index (κ1) is 18.8. The summed E-state index contributed by atoms with van der Waals surface area (Å²) in [4.78, 5) is 24.6. The number of nitrogens with one attached hydrogen (secondary N) is 2. The Labute approximate surface area is 158 Å². The van der Waals surface area contributed by atoms with Gasteiger partial charge in [-0.15, -0.1) is 0 Å². The van der Waals surface area contributed by atoms with Gasteiger partial charge in [-0.25, -0.2) is 0 Å². The largest absolute Gasteiger partial charge is 0.485 e. The molecule has 2 N–H and O–H groups in total. The summed E-state index contributed by atoms with van der Waals surface area (Å²) in [6, 6.07) is 12.6. The molecule has 1 aliphatic rings. The third-order valence-electron chi connectivity index (χ3n) is 4.22. The number of hydrogen-bond donors (Lipinski definition) is 2. The molecular weight excluding hydrogens is 344 g/mol. The Hall–Kier alpha value is -3.02. The highest BCUT2D eigenvalue weighted by Gasteiger charge is 2.27. The van der Waals surface area contributed by atoms with Gasteiger partial charge in [-0.05, 0) is 42.8 Å². The van der Waals surface area contributed by atoms with Gasteiger partial charge in [0.05, 0.1) is 0 Å². The van der Waals surface area contributed by atoms with Crippen LogP contribution in [0.3, 0.4) is 0 Å². The number of carbonyl (C=O) groups excluding carboxylic acids is 2. The Morgan fingerprint density at radius 1 is 1.04 bits per heavy atom. The second-order valence-corrected chi connectivity index (χ2v) is 7.59. The Bertz CT molecular complexity index is 871. The summed E-state index contributed by atoms with van der Waals surface area (Å²) < 4.78 is 11.3. The molecule has 0 fully saturated rings. The lowest BCUT2D eigenvalue weighted by atomic mass is 9.95. The highest BCUT2D eigenvalue weighted by Crippen LogP contribution is 2.31. The van der Waals surface area contributed by atoms with Gasteiger partial charge >= 0.3 is 0 Å². The molecule has 0 aliphatic carbocycles. The number of ether oxygens (including phenoxy) is 2. The molecule has 27 heavy (non-hydrogen) atoms. The van der Waals surface area contributed by atoms with Crippen LogP contribution in [-0.2, 0) is 9.59 Å². The molecule has 2 aromatic carbocycles. The van der Waals surface area contributed by atoms with Gasteiger partial charge in [-0.2, -0.15) is 0 Å². The lowest BCUT2D eigenvalue weighted by Crippen LogP contribution is -2.40. The molecule has 3 rings (SSSR count). The number of hydrogen-bond acceptors (Lipinski definition) is 4. The summed E-state index contributed by atoms with van der Waals surface area (Å²) >= 11 is 0. The molecule has 2 aromatic rings. The lowest BCUT2D eigenvalue weighted by molar-refractivity contribution is -0.125. The molecule has 0 bridgehead atoms. The zero-order valence-electron chi connectivity index (χ0n) is 16.0. The van der Waals surface area contributed by atoms with E-state index in [0.29, 0.717) is 17.2 Å². The predicted molar refractivity (Wildman–Crippen MR) is 104 cm³/mol. The van der Waals surface area contributed by atoms with Crippen LogP contribution < -0.4 is 20.1 Å². The Morgan fingerprint density at radius 2 is 1.74 bits per heavy atom. The van der Waals surface area contributed by atoms with E-state index in [1.54, 1.807) is 24.3 Å². The molecular formula is C21H24N2O4. The number of carbonyl (C=O) groups is 2. The minimum Gasteiger partial charge on any atom is -0.485 e. The highest BCUT2D eigenvalue weighted by atomic mass is 16.6. The second-order valence-electron chi connectivity index (χ2n) is 7.59. The quantitative estimate of drug-likeness (QED) is 0.865. The molecule has 0 aromatic heterocycles. The topological polar surface area (TPSA) is 76.7 Å². The molecule has 6 heteroatoms. The van der Waals surface area contributed by atoms with E-state index >= 15 is 0 Å². The van der Waals surface area contributed by atoms with Crippen molar-refractivity contribution in [2.75, 3.05) is 17.2 Å². The van der Waals surface area contributed by atoms with Crippen LogP contribution in [0.25, 0.3) is 0 Å². The predicted octanol–water partition coefficient (Wildman–Crippen LogP) is 3.76. The van der Waals surface area contributed by atoms with Crippen LogP contribution >= 0.6 is 0 Å². The maximum Gasteiger partial charge on any atom is 0.269 e. The molecule has 6 nitrogen and oxygen atoms in total. The van der Waals surface area contributed by atoms with Crippen molar-refractivity contribution in [3.63, 3.8) is 0 Å². The number of amides is 2. The van der Waals surface area contributed by atoms with E-state index in [4.69, 9.17) is 9.47 Å². The van der Waals surface area contributed by atoms with Crippen LogP contribution in [0.2, 0.25) is 0 Å². The summed E-state index contributed by atoms with van der Waals surface area (Å²) in [6.07, 6.45) is -0.722. The third kappa shape index (κ3) is 4.39. The molecule has 0 spiro atoms. The molecule has 142 valence electrons. The molecule has 2 amide bonds. The van der Waals surface area contributed by atoms with Crippen LogP contribution in [0, 0.1) is 12.3 Å². The zero-order valence-corrected chi connectivity index (χ0v) is 16.0. The van der Waals surface area contributed by atoms with Gasteiger partial charge in [-0.1, -0.05) is 32.9 Å². The Morgan fingerprint density at radius 3 is 2.41 bits per heavy atom. The number of anilines is 2. The van der Waals surface area contributed by atoms with E-state index in [2.05, 4.69) is 10.6 Å². The van der Waals surface area contributed by atoms with Gasteiger partial charge in [0, 0.05) is 16.8 Å². The first-order valence-corrected chi connectivity index (χ1v) is 8.85. The van der Waals surface area contributed by atoms with Gasteiger partial charge in [-0.3, -0.25) is 9.59 Å². The fraction of sp³-hybridized carbons (Fsp3) is 0.333. The van der Waals surface area contributed by atoms with Crippen molar-refractivity contribution < 1.29 is 19.1 Å². The average Bonchev–Trinajstić information content (AvgIpc) is 2.62. The molecule has 0 unspecified atom stereocenters. The zero-order chi connectivity index (χ0) is 19.6. The van der Waals surface area contributed by atoms with E-state index in [-0.39, 0.29) is 18.4 Å². The van der Waals surface area contributed by atoms with E-state index in [1.165, 1.54) is 0 Å². The Kier molecular flexibility index (Phi) is 5.08. The van der Waals surface area contributed by atoms with Crippen molar-refractivity contribution in [1.82, 2.24) is 0 Å². The summed E-state index contributed by atoms with van der Waals surface area (Å²) in [5.41, 5.74) is 1.73. The number of rotatable bonds is 3. The molecule has 1 atom stereocenters. The fourth-order valence-corrected chi connectivity index (χ4v) is 2.56. The smallest absolute Gasteiger partial charge is 0.269 e. The van der Waals surface area contributed by atoms with Gasteiger partial charge in [0.1, 0.15) is 6.61 Å². The molecule has 1 heterocycles. The van der Waals surface area contributed by atoms with E-state index in [9.17, 15) is 9.59 Å². The van der Waals surface area contributed by atoms with Gasteiger partial charge < -0.3 is 20.1 Å². The molecule has 0 saturated heterocycles. The van der Waals surface area contributed by atoms with Crippen LogP contribution in [0.1, 0.15) is 26.3 Å². The van der Waals surface area contributed by atoms with Gasteiger partial charge in [0.2, 0.25) is 12.0 Å². The molecule has 1 aliphatic heterocycles. The number of benzene rings is 2. The number of para-hydroxylation sites is 2. The van der Waals surface area contributed by atoms with Crippen molar-refractivity contribution in [1.29, 1.82) is 0 Å². The minimum atomic E-state index is -0.722. The molecule has 0 radical (unpaired) electrons. The Balaban J connectivity index is 1.65. The van der Waals surface area contributed by atoms with Crippen LogP contribution in [0.4, 0.5) is 11.4 Å². The maximum atomic E-state index is 12.5. The van der Waals surface area contributed by atoms with Crippen molar-refractivity contribution >= 4 is 23.2 Å². The monoisotopic (exact) mass is 368 g/mol. The summed E-state index contributed by atoms with van der Waals surface area (Å²) in [7, 11) is 0. The van der Waals surface area contributed by atoms with Crippen molar-refractivity contribution in [2.24, 2.45) is 5.41 Å². The summed E-state index contributed by atoms with van der Waals surface area (Å²) in [5, 5.41) is 5.75. The SMILES string of the molecule is Cc1cc(NC(=O)[C@H]2COc3ccccc3O2)ccc1NC(=O)C(C)(C)C. The van der Waals surface area contributed by atoms with Crippen LogP contribution in [0.5, 0.6) is 11.5 Å². The number of aryl methyl sites for hydroxylation is 1.